The fraction of sp³-hybridized carbons (Fsp3) is 0.294. The zero-order valence-corrected chi connectivity index (χ0v) is 11.5. The van der Waals surface area contributed by atoms with Gasteiger partial charge in [-0.05, 0) is 17.5 Å². The lowest BCUT2D eigenvalue weighted by Crippen LogP contribution is -2.24. The SMILES string of the molecule is Fc1c(C[C@H]2CC(F)(F)CN2)cccc1-c1ccccc1. The van der Waals surface area contributed by atoms with Crippen molar-refractivity contribution in [3.8, 4) is 11.1 Å². The average molecular weight is 291 g/mol. The van der Waals surface area contributed by atoms with E-state index in [2.05, 4.69) is 5.32 Å². The van der Waals surface area contributed by atoms with E-state index in [1.807, 2.05) is 30.3 Å². The third-order valence-corrected chi connectivity index (χ3v) is 3.82. The lowest BCUT2D eigenvalue weighted by Gasteiger charge is -2.13. The molecule has 0 unspecified atom stereocenters. The molecule has 1 heterocycles. The number of hydrogen-bond donors (Lipinski definition) is 1. The van der Waals surface area contributed by atoms with Crippen molar-refractivity contribution in [2.75, 3.05) is 6.54 Å². The summed E-state index contributed by atoms with van der Waals surface area (Å²) in [6.07, 6.45) is 0.0457. The Morgan fingerprint density at radius 2 is 1.81 bits per heavy atom. The Labute approximate surface area is 121 Å². The van der Waals surface area contributed by atoms with E-state index in [0.29, 0.717) is 11.1 Å². The number of nitrogens with one attached hydrogen (secondary N) is 1. The van der Waals surface area contributed by atoms with Gasteiger partial charge in [-0.2, -0.15) is 0 Å². The average Bonchev–Trinajstić information content (AvgIpc) is 2.81. The van der Waals surface area contributed by atoms with Crippen LogP contribution in [0.3, 0.4) is 0 Å². The number of alkyl halides is 2. The van der Waals surface area contributed by atoms with Gasteiger partial charge in [0.25, 0.3) is 5.92 Å². The fourth-order valence-electron chi connectivity index (χ4n) is 2.79. The molecule has 1 aliphatic heterocycles. The van der Waals surface area contributed by atoms with Crippen molar-refractivity contribution in [1.29, 1.82) is 0 Å². The molecule has 110 valence electrons. The lowest BCUT2D eigenvalue weighted by atomic mass is 9.97. The Bertz CT molecular complexity index is 625. The van der Waals surface area contributed by atoms with E-state index < -0.39 is 5.92 Å². The molecule has 1 atom stereocenters. The summed E-state index contributed by atoms with van der Waals surface area (Å²) in [6.45, 7) is -0.322. The van der Waals surface area contributed by atoms with Crippen LogP contribution in [0.5, 0.6) is 0 Å². The Hall–Kier alpha value is -1.81. The molecule has 0 aliphatic carbocycles. The number of halogens is 3. The van der Waals surface area contributed by atoms with Gasteiger partial charge in [-0.1, -0.05) is 48.5 Å². The second-order valence-electron chi connectivity index (χ2n) is 5.49. The first-order valence-electron chi connectivity index (χ1n) is 6.99. The summed E-state index contributed by atoms with van der Waals surface area (Å²) in [5.41, 5.74) is 1.78. The maximum absolute atomic E-state index is 14.6. The topological polar surface area (TPSA) is 12.0 Å². The molecule has 2 aromatic carbocycles. The van der Waals surface area contributed by atoms with Gasteiger partial charge in [0.15, 0.2) is 0 Å². The normalized spacial score (nSPS) is 20.6. The third kappa shape index (κ3) is 3.10. The molecule has 0 aromatic heterocycles. The van der Waals surface area contributed by atoms with Crippen LogP contribution in [0.25, 0.3) is 11.1 Å². The van der Waals surface area contributed by atoms with Gasteiger partial charge in [-0.15, -0.1) is 0 Å². The second kappa shape index (κ2) is 5.53. The van der Waals surface area contributed by atoms with Gasteiger partial charge < -0.3 is 5.32 Å². The summed E-state index contributed by atoms with van der Waals surface area (Å²) in [5, 5.41) is 2.77. The van der Waals surface area contributed by atoms with Gasteiger partial charge >= 0.3 is 0 Å². The summed E-state index contributed by atoms with van der Waals surface area (Å²) in [7, 11) is 0. The molecule has 3 rings (SSSR count). The highest BCUT2D eigenvalue weighted by molar-refractivity contribution is 5.64. The highest BCUT2D eigenvalue weighted by atomic mass is 19.3. The zero-order valence-electron chi connectivity index (χ0n) is 11.5. The molecule has 1 N–H and O–H groups in total. The Morgan fingerprint density at radius 3 is 2.48 bits per heavy atom. The first-order chi connectivity index (χ1) is 10.1. The van der Waals surface area contributed by atoms with E-state index in [1.165, 1.54) is 0 Å². The molecule has 1 aliphatic rings. The van der Waals surface area contributed by atoms with Crippen molar-refractivity contribution >= 4 is 0 Å². The summed E-state index contributed by atoms with van der Waals surface area (Å²) < 4.78 is 41.0. The molecule has 1 fully saturated rings. The monoisotopic (exact) mass is 291 g/mol. The van der Waals surface area contributed by atoms with Gasteiger partial charge in [-0.25, -0.2) is 13.2 Å². The van der Waals surface area contributed by atoms with Gasteiger partial charge in [-0.3, -0.25) is 0 Å². The van der Waals surface area contributed by atoms with Crippen LogP contribution in [0.4, 0.5) is 13.2 Å². The van der Waals surface area contributed by atoms with Crippen LogP contribution in [-0.2, 0) is 6.42 Å². The first kappa shape index (κ1) is 14.1. The van der Waals surface area contributed by atoms with Crippen molar-refractivity contribution in [2.45, 2.75) is 24.8 Å². The fourth-order valence-corrected chi connectivity index (χ4v) is 2.79. The van der Waals surface area contributed by atoms with E-state index >= 15 is 0 Å². The number of hydrogen-bond acceptors (Lipinski definition) is 1. The predicted octanol–water partition coefficient (Wildman–Crippen LogP) is 4.03. The molecule has 4 heteroatoms. The molecule has 1 nitrogen and oxygen atoms in total. The largest absolute Gasteiger partial charge is 0.308 e. The van der Waals surface area contributed by atoms with Crippen molar-refractivity contribution in [3.63, 3.8) is 0 Å². The molecule has 21 heavy (non-hydrogen) atoms. The van der Waals surface area contributed by atoms with Crippen LogP contribution in [0.15, 0.2) is 48.5 Å². The minimum absolute atomic E-state index is 0.234. The van der Waals surface area contributed by atoms with E-state index in [9.17, 15) is 13.2 Å². The third-order valence-electron chi connectivity index (χ3n) is 3.82. The van der Waals surface area contributed by atoms with Crippen LogP contribution in [0.1, 0.15) is 12.0 Å². The minimum Gasteiger partial charge on any atom is -0.308 e. The van der Waals surface area contributed by atoms with Gasteiger partial charge in [0.05, 0.1) is 6.54 Å². The maximum Gasteiger partial charge on any atom is 0.261 e. The quantitative estimate of drug-likeness (QED) is 0.900. The lowest BCUT2D eigenvalue weighted by molar-refractivity contribution is 0.0211. The first-order valence-corrected chi connectivity index (χ1v) is 6.99. The van der Waals surface area contributed by atoms with Crippen LogP contribution < -0.4 is 5.32 Å². The smallest absolute Gasteiger partial charge is 0.261 e. The highest BCUT2D eigenvalue weighted by Crippen LogP contribution is 2.29. The molecule has 1 saturated heterocycles. The Kier molecular flexibility index (Phi) is 3.72. The molecule has 0 radical (unpaired) electrons. The molecular formula is C17H16F3N. The molecular weight excluding hydrogens is 275 g/mol. The van der Waals surface area contributed by atoms with Crippen LogP contribution in [0.2, 0.25) is 0 Å². The molecule has 0 spiro atoms. The molecule has 0 bridgehead atoms. The van der Waals surface area contributed by atoms with Crippen molar-refractivity contribution in [3.05, 3.63) is 59.9 Å². The molecule has 0 amide bonds. The zero-order chi connectivity index (χ0) is 14.9. The van der Waals surface area contributed by atoms with Gasteiger partial charge in [0, 0.05) is 18.0 Å². The Morgan fingerprint density at radius 1 is 1.05 bits per heavy atom. The summed E-state index contributed by atoms with van der Waals surface area (Å²) >= 11 is 0. The van der Waals surface area contributed by atoms with E-state index in [4.69, 9.17) is 0 Å². The summed E-state index contributed by atoms with van der Waals surface area (Å²) in [4.78, 5) is 0. The Balaban J connectivity index is 1.84. The van der Waals surface area contributed by atoms with Crippen molar-refractivity contribution in [2.24, 2.45) is 0 Å². The van der Waals surface area contributed by atoms with Crippen LogP contribution in [-0.4, -0.2) is 18.5 Å². The van der Waals surface area contributed by atoms with Gasteiger partial charge in [0.2, 0.25) is 0 Å². The summed E-state index contributed by atoms with van der Waals surface area (Å²) in [6, 6.07) is 14.0. The second-order valence-corrected chi connectivity index (χ2v) is 5.49. The molecule has 0 saturated carbocycles. The number of rotatable bonds is 3. The predicted molar refractivity (Wildman–Crippen MR) is 76.9 cm³/mol. The maximum atomic E-state index is 14.6. The van der Waals surface area contributed by atoms with Crippen molar-refractivity contribution in [1.82, 2.24) is 5.32 Å². The van der Waals surface area contributed by atoms with Gasteiger partial charge in [0.1, 0.15) is 5.82 Å². The summed E-state index contributed by atoms with van der Waals surface area (Å²) in [5.74, 6) is -3.00. The van der Waals surface area contributed by atoms with Crippen molar-refractivity contribution < 1.29 is 13.2 Å². The van der Waals surface area contributed by atoms with Crippen LogP contribution >= 0.6 is 0 Å². The van der Waals surface area contributed by atoms with E-state index in [1.54, 1.807) is 18.2 Å². The van der Waals surface area contributed by atoms with Crippen LogP contribution in [0, 0.1) is 5.82 Å². The molecule has 2 aromatic rings. The minimum atomic E-state index is -2.68. The standard InChI is InChI=1S/C17H16F3N/c18-16-13(9-14-10-17(19,20)11-21-14)7-4-8-15(16)12-5-2-1-3-6-12/h1-8,14,21H,9-11H2/t14-/m0/s1. The van der Waals surface area contributed by atoms with E-state index in [-0.39, 0.29) is 31.2 Å². The highest BCUT2D eigenvalue weighted by Gasteiger charge is 2.39. The van der Waals surface area contributed by atoms with E-state index in [0.717, 1.165) is 5.56 Å². The number of benzene rings is 2.